The fourth-order valence-electron chi connectivity index (χ4n) is 1.52. The van der Waals surface area contributed by atoms with Gasteiger partial charge in [-0.2, -0.15) is 11.8 Å². The summed E-state index contributed by atoms with van der Waals surface area (Å²) in [6.07, 6.45) is 1.47. The van der Waals surface area contributed by atoms with Crippen molar-refractivity contribution in [3.63, 3.8) is 0 Å². The van der Waals surface area contributed by atoms with E-state index in [2.05, 4.69) is 10.00 Å². The number of aromatic nitrogens is 2. The molecule has 1 aliphatic rings. The van der Waals surface area contributed by atoms with E-state index < -0.39 is 4.92 Å². The first-order valence-electron chi connectivity index (χ1n) is 4.73. The van der Waals surface area contributed by atoms with E-state index in [0.717, 1.165) is 24.6 Å². The maximum Gasteiger partial charge on any atom is 0.346 e. The number of thioether (sulfide) groups is 1. The van der Waals surface area contributed by atoms with E-state index in [4.69, 9.17) is 0 Å². The van der Waals surface area contributed by atoms with Crippen LogP contribution in [0, 0.1) is 10.1 Å². The normalized spacial score (nSPS) is 17.9. The fourth-order valence-corrected chi connectivity index (χ4v) is 2.50. The molecule has 0 radical (unpaired) electrons. The van der Waals surface area contributed by atoms with Crippen LogP contribution in [0.2, 0.25) is 0 Å². The third-order valence-electron chi connectivity index (χ3n) is 2.32. The highest BCUT2D eigenvalue weighted by molar-refractivity contribution is 7.99. The van der Waals surface area contributed by atoms with Crippen molar-refractivity contribution in [2.75, 3.05) is 24.6 Å². The van der Waals surface area contributed by atoms with Gasteiger partial charge in [0.05, 0.1) is 12.3 Å². The summed E-state index contributed by atoms with van der Waals surface area (Å²) in [6, 6.07) is 1.43. The van der Waals surface area contributed by atoms with E-state index in [1.165, 1.54) is 16.9 Å². The van der Waals surface area contributed by atoms with E-state index in [1.807, 2.05) is 11.8 Å². The first-order valence-corrected chi connectivity index (χ1v) is 5.89. The minimum absolute atomic E-state index is 0.0632. The Labute approximate surface area is 91.4 Å². The smallest absolute Gasteiger partial charge is 0.346 e. The maximum atomic E-state index is 10.6. The van der Waals surface area contributed by atoms with Crippen molar-refractivity contribution in [2.45, 2.75) is 6.67 Å². The molecule has 0 amide bonds. The molecular weight excluding hydrogens is 216 g/mol. The van der Waals surface area contributed by atoms with Crippen LogP contribution in [0.4, 0.5) is 5.82 Å². The third kappa shape index (κ3) is 2.48. The molecule has 82 valence electrons. The lowest BCUT2D eigenvalue weighted by Crippen LogP contribution is -2.34. The van der Waals surface area contributed by atoms with Crippen LogP contribution in [0.3, 0.4) is 0 Å². The van der Waals surface area contributed by atoms with Crippen molar-refractivity contribution < 1.29 is 4.92 Å². The summed E-state index contributed by atoms with van der Waals surface area (Å²) in [5.74, 6) is 2.25. The van der Waals surface area contributed by atoms with E-state index in [1.54, 1.807) is 0 Å². The number of hydrogen-bond donors (Lipinski definition) is 0. The predicted octanol–water partition coefficient (Wildman–Crippen LogP) is 0.798. The van der Waals surface area contributed by atoms with E-state index in [9.17, 15) is 10.1 Å². The van der Waals surface area contributed by atoms with Crippen molar-refractivity contribution in [3.05, 3.63) is 22.4 Å². The average molecular weight is 228 g/mol. The molecule has 1 aromatic heterocycles. The van der Waals surface area contributed by atoms with Crippen molar-refractivity contribution in [1.29, 1.82) is 0 Å². The summed E-state index contributed by atoms with van der Waals surface area (Å²) in [6.45, 7) is 2.47. The highest BCUT2D eigenvalue weighted by atomic mass is 32.2. The zero-order chi connectivity index (χ0) is 10.7. The molecule has 1 fully saturated rings. The summed E-state index contributed by atoms with van der Waals surface area (Å²) >= 11 is 1.92. The molecule has 1 saturated heterocycles. The topological polar surface area (TPSA) is 64.2 Å². The van der Waals surface area contributed by atoms with Crippen LogP contribution in [0.25, 0.3) is 0 Å². The summed E-state index contributed by atoms with van der Waals surface area (Å²) < 4.78 is 1.44. The van der Waals surface area contributed by atoms with Gasteiger partial charge in [0.15, 0.2) is 6.67 Å². The van der Waals surface area contributed by atoms with Gasteiger partial charge in [0.2, 0.25) is 0 Å². The Morgan fingerprint density at radius 3 is 2.93 bits per heavy atom. The molecule has 0 aliphatic carbocycles. The zero-order valence-electron chi connectivity index (χ0n) is 8.20. The van der Waals surface area contributed by atoms with Crippen LogP contribution in [-0.2, 0) is 6.67 Å². The van der Waals surface area contributed by atoms with Crippen LogP contribution >= 0.6 is 11.8 Å². The van der Waals surface area contributed by atoms with Crippen LogP contribution in [0.1, 0.15) is 0 Å². The molecule has 2 heterocycles. The van der Waals surface area contributed by atoms with Gasteiger partial charge in [0, 0.05) is 24.6 Å². The lowest BCUT2D eigenvalue weighted by atomic mass is 10.5. The van der Waals surface area contributed by atoms with Gasteiger partial charge in [-0.3, -0.25) is 4.90 Å². The quantitative estimate of drug-likeness (QED) is 0.565. The molecule has 7 heteroatoms. The SMILES string of the molecule is O=[N+]([O-])c1ccnn1CN1CCSCC1. The summed E-state index contributed by atoms with van der Waals surface area (Å²) in [7, 11) is 0. The van der Waals surface area contributed by atoms with Crippen LogP contribution < -0.4 is 0 Å². The molecule has 6 nitrogen and oxygen atoms in total. The molecule has 0 spiro atoms. The van der Waals surface area contributed by atoms with Gasteiger partial charge >= 0.3 is 5.82 Å². The molecule has 15 heavy (non-hydrogen) atoms. The Kier molecular flexibility index (Phi) is 3.22. The Morgan fingerprint density at radius 1 is 1.53 bits per heavy atom. The fraction of sp³-hybridized carbons (Fsp3) is 0.625. The standard InChI is InChI=1S/C8H12N4O2S/c13-12(14)8-1-2-9-11(8)7-10-3-5-15-6-4-10/h1-2H,3-7H2. The average Bonchev–Trinajstić information content (AvgIpc) is 2.67. The molecule has 0 N–H and O–H groups in total. The lowest BCUT2D eigenvalue weighted by molar-refractivity contribution is -0.393. The Bertz CT molecular complexity index is 348. The number of rotatable bonds is 3. The largest absolute Gasteiger partial charge is 0.358 e. The lowest BCUT2D eigenvalue weighted by Gasteiger charge is -2.23. The minimum Gasteiger partial charge on any atom is -0.358 e. The molecule has 0 saturated carbocycles. The first kappa shape index (κ1) is 10.4. The molecular formula is C8H12N4O2S. The van der Waals surface area contributed by atoms with Gasteiger partial charge < -0.3 is 10.1 Å². The van der Waals surface area contributed by atoms with E-state index in [-0.39, 0.29) is 5.82 Å². The molecule has 0 aromatic carbocycles. The summed E-state index contributed by atoms with van der Waals surface area (Å²) in [5, 5.41) is 14.6. The summed E-state index contributed by atoms with van der Waals surface area (Å²) in [5.41, 5.74) is 0. The van der Waals surface area contributed by atoms with Gasteiger partial charge in [-0.15, -0.1) is 4.68 Å². The maximum absolute atomic E-state index is 10.6. The molecule has 1 aromatic rings. The van der Waals surface area contributed by atoms with Crippen LogP contribution in [-0.4, -0.2) is 44.2 Å². The Balaban J connectivity index is 2.03. The highest BCUT2D eigenvalue weighted by Crippen LogP contribution is 2.13. The van der Waals surface area contributed by atoms with Gasteiger partial charge in [0.1, 0.15) is 0 Å². The molecule has 0 atom stereocenters. The molecule has 2 rings (SSSR count). The number of nitrogens with zero attached hydrogens (tertiary/aromatic N) is 4. The minimum atomic E-state index is -0.397. The van der Waals surface area contributed by atoms with E-state index in [0.29, 0.717) is 6.67 Å². The van der Waals surface area contributed by atoms with Gasteiger partial charge in [0.25, 0.3) is 0 Å². The van der Waals surface area contributed by atoms with Gasteiger partial charge in [-0.25, -0.2) is 0 Å². The molecule has 1 aliphatic heterocycles. The predicted molar refractivity (Wildman–Crippen MR) is 57.8 cm³/mol. The highest BCUT2D eigenvalue weighted by Gasteiger charge is 2.18. The molecule has 0 bridgehead atoms. The molecule has 0 unspecified atom stereocenters. The third-order valence-corrected chi connectivity index (χ3v) is 3.26. The zero-order valence-corrected chi connectivity index (χ0v) is 9.02. The summed E-state index contributed by atoms with van der Waals surface area (Å²) in [4.78, 5) is 12.4. The van der Waals surface area contributed by atoms with Gasteiger partial charge in [-0.1, -0.05) is 5.10 Å². The van der Waals surface area contributed by atoms with Crippen LogP contribution in [0.15, 0.2) is 12.3 Å². The first-order chi connectivity index (χ1) is 7.27. The van der Waals surface area contributed by atoms with Crippen molar-refractivity contribution in [1.82, 2.24) is 14.7 Å². The second-order valence-corrected chi connectivity index (χ2v) is 4.54. The Hall–Kier alpha value is -1.08. The second kappa shape index (κ2) is 4.63. The number of hydrogen-bond acceptors (Lipinski definition) is 5. The van der Waals surface area contributed by atoms with Crippen LogP contribution in [0.5, 0.6) is 0 Å². The van der Waals surface area contributed by atoms with Gasteiger partial charge in [-0.05, 0) is 4.92 Å². The van der Waals surface area contributed by atoms with Crippen molar-refractivity contribution in [2.24, 2.45) is 0 Å². The van der Waals surface area contributed by atoms with Crippen molar-refractivity contribution >= 4 is 17.6 Å². The second-order valence-electron chi connectivity index (χ2n) is 3.32. The van der Waals surface area contributed by atoms with Crippen molar-refractivity contribution in [3.8, 4) is 0 Å². The monoisotopic (exact) mass is 228 g/mol. The number of nitro groups is 1. The Morgan fingerprint density at radius 2 is 2.27 bits per heavy atom. The van der Waals surface area contributed by atoms with E-state index >= 15 is 0 Å².